The molecule has 0 aromatic heterocycles. The van der Waals surface area contributed by atoms with Gasteiger partial charge in [0.15, 0.2) is 0 Å². The molecule has 0 saturated carbocycles. The molecule has 1 aromatic carbocycles. The molecule has 2 rings (SSSR count). The third-order valence-corrected chi connectivity index (χ3v) is 3.29. The lowest BCUT2D eigenvalue weighted by atomic mass is 10.2. The molecule has 0 aliphatic carbocycles. The molecule has 17 heavy (non-hydrogen) atoms. The Balaban J connectivity index is 1.90. The quantitative estimate of drug-likeness (QED) is 0.891. The summed E-state index contributed by atoms with van der Waals surface area (Å²) >= 11 is 5.83. The van der Waals surface area contributed by atoms with Crippen LogP contribution in [0.1, 0.15) is 18.4 Å². The highest BCUT2D eigenvalue weighted by Gasteiger charge is 2.15. The molecule has 1 heterocycles. The Morgan fingerprint density at radius 1 is 1.47 bits per heavy atom. The summed E-state index contributed by atoms with van der Waals surface area (Å²) in [6.07, 6.45) is 2.48. The monoisotopic (exact) mass is 256 g/mol. The molecule has 1 fully saturated rings. The van der Waals surface area contributed by atoms with Gasteiger partial charge in [0.2, 0.25) is 0 Å². The number of nitrogens with zero attached hydrogens (tertiary/aromatic N) is 1. The van der Waals surface area contributed by atoms with Crippen molar-refractivity contribution in [1.82, 2.24) is 10.2 Å². The Labute approximate surface area is 107 Å². The van der Waals surface area contributed by atoms with E-state index in [1.54, 1.807) is 6.07 Å². The van der Waals surface area contributed by atoms with Crippen molar-refractivity contribution in [3.05, 3.63) is 34.6 Å². The van der Waals surface area contributed by atoms with Crippen LogP contribution in [0.15, 0.2) is 18.2 Å². The molecule has 4 heteroatoms. The zero-order valence-corrected chi connectivity index (χ0v) is 10.8. The molecule has 94 valence electrons. The van der Waals surface area contributed by atoms with Crippen LogP contribution in [0.2, 0.25) is 5.02 Å². The van der Waals surface area contributed by atoms with E-state index < -0.39 is 0 Å². The fourth-order valence-electron chi connectivity index (χ4n) is 2.37. The van der Waals surface area contributed by atoms with Gasteiger partial charge in [0, 0.05) is 24.2 Å². The normalized spacial score (nSPS) is 20.1. The predicted octanol–water partition coefficient (Wildman–Crippen LogP) is 2.66. The Morgan fingerprint density at radius 3 is 2.94 bits per heavy atom. The van der Waals surface area contributed by atoms with Gasteiger partial charge in [-0.05, 0) is 50.2 Å². The molecule has 0 bridgehead atoms. The van der Waals surface area contributed by atoms with Crippen molar-refractivity contribution in [2.24, 2.45) is 0 Å². The lowest BCUT2D eigenvalue weighted by molar-refractivity contribution is 0.293. The molecular weight excluding hydrogens is 239 g/mol. The Kier molecular flexibility index (Phi) is 4.37. The second-order valence-corrected chi connectivity index (χ2v) is 5.20. The van der Waals surface area contributed by atoms with Crippen LogP contribution in [-0.4, -0.2) is 31.1 Å². The summed E-state index contributed by atoms with van der Waals surface area (Å²) in [4.78, 5) is 2.20. The summed E-state index contributed by atoms with van der Waals surface area (Å²) in [7, 11) is 2.05. The summed E-state index contributed by atoms with van der Waals surface area (Å²) < 4.78 is 13.2. The van der Waals surface area contributed by atoms with Gasteiger partial charge >= 0.3 is 0 Å². The van der Waals surface area contributed by atoms with E-state index in [9.17, 15) is 4.39 Å². The number of halogens is 2. The fourth-order valence-corrected chi connectivity index (χ4v) is 2.61. The standard InChI is InChI=1S/C13H18ClFN2/c1-17(9-13-3-2-4-16-13)8-10-5-11(14)7-12(15)6-10/h5-7,13,16H,2-4,8-9H2,1H3. The van der Waals surface area contributed by atoms with Gasteiger partial charge in [-0.3, -0.25) is 0 Å². The number of rotatable bonds is 4. The van der Waals surface area contributed by atoms with Crippen molar-refractivity contribution in [3.8, 4) is 0 Å². The summed E-state index contributed by atoms with van der Waals surface area (Å²) in [6.45, 7) is 2.84. The van der Waals surface area contributed by atoms with Crippen molar-refractivity contribution in [2.75, 3.05) is 20.1 Å². The van der Waals surface area contributed by atoms with Crippen LogP contribution >= 0.6 is 11.6 Å². The molecule has 1 aliphatic rings. The number of likely N-dealkylation sites (N-methyl/N-ethyl adjacent to an activating group) is 1. The molecule has 1 atom stereocenters. The van der Waals surface area contributed by atoms with Gasteiger partial charge < -0.3 is 10.2 Å². The van der Waals surface area contributed by atoms with Gasteiger partial charge in [0.25, 0.3) is 0 Å². The zero-order chi connectivity index (χ0) is 12.3. The molecule has 1 N–H and O–H groups in total. The third kappa shape index (κ3) is 3.95. The lowest BCUT2D eigenvalue weighted by Crippen LogP contribution is -2.34. The first-order valence-corrected chi connectivity index (χ1v) is 6.38. The summed E-state index contributed by atoms with van der Waals surface area (Å²) in [5, 5.41) is 3.92. The number of benzene rings is 1. The first-order chi connectivity index (χ1) is 8.13. The molecular formula is C13H18ClFN2. The van der Waals surface area contributed by atoms with Gasteiger partial charge in [0.05, 0.1) is 0 Å². The summed E-state index contributed by atoms with van der Waals surface area (Å²) in [5.74, 6) is -0.264. The molecule has 1 aliphatic heterocycles. The number of nitrogens with one attached hydrogen (secondary N) is 1. The third-order valence-electron chi connectivity index (χ3n) is 3.07. The summed E-state index contributed by atoms with van der Waals surface area (Å²) in [5.41, 5.74) is 0.926. The minimum Gasteiger partial charge on any atom is -0.313 e. The maximum Gasteiger partial charge on any atom is 0.125 e. The van der Waals surface area contributed by atoms with Crippen molar-refractivity contribution in [2.45, 2.75) is 25.4 Å². The summed E-state index contributed by atoms with van der Waals surface area (Å²) in [6, 6.07) is 5.28. The predicted molar refractivity (Wildman–Crippen MR) is 68.8 cm³/mol. The maximum absolute atomic E-state index is 13.2. The van der Waals surface area contributed by atoms with Crippen molar-refractivity contribution in [3.63, 3.8) is 0 Å². The molecule has 1 aromatic rings. The fraction of sp³-hybridized carbons (Fsp3) is 0.538. The highest BCUT2D eigenvalue weighted by Crippen LogP contribution is 2.16. The van der Waals surface area contributed by atoms with Crippen molar-refractivity contribution < 1.29 is 4.39 Å². The van der Waals surface area contributed by atoms with Crippen LogP contribution in [0.25, 0.3) is 0 Å². The largest absolute Gasteiger partial charge is 0.313 e. The highest BCUT2D eigenvalue weighted by molar-refractivity contribution is 6.30. The minimum atomic E-state index is -0.264. The lowest BCUT2D eigenvalue weighted by Gasteiger charge is -2.21. The molecule has 1 unspecified atom stereocenters. The number of hydrogen-bond acceptors (Lipinski definition) is 2. The topological polar surface area (TPSA) is 15.3 Å². The zero-order valence-electron chi connectivity index (χ0n) is 10.0. The van der Waals surface area contributed by atoms with E-state index in [0.29, 0.717) is 11.1 Å². The van der Waals surface area contributed by atoms with Crippen LogP contribution in [0.4, 0.5) is 4.39 Å². The van der Waals surface area contributed by atoms with Gasteiger partial charge in [0.1, 0.15) is 5.82 Å². The molecule has 1 saturated heterocycles. The van der Waals surface area contributed by atoms with Crippen molar-refractivity contribution in [1.29, 1.82) is 0 Å². The van der Waals surface area contributed by atoms with Crippen molar-refractivity contribution >= 4 is 11.6 Å². The van der Waals surface area contributed by atoms with E-state index in [1.807, 2.05) is 6.07 Å². The maximum atomic E-state index is 13.2. The van der Waals surface area contributed by atoms with E-state index in [4.69, 9.17) is 11.6 Å². The second kappa shape index (κ2) is 5.80. The first kappa shape index (κ1) is 12.8. The van der Waals surface area contributed by atoms with Crippen LogP contribution in [0, 0.1) is 5.82 Å². The average molecular weight is 257 g/mol. The highest BCUT2D eigenvalue weighted by atomic mass is 35.5. The van der Waals surface area contributed by atoms with E-state index in [1.165, 1.54) is 18.9 Å². The first-order valence-electron chi connectivity index (χ1n) is 6.00. The molecule has 0 radical (unpaired) electrons. The average Bonchev–Trinajstić information content (AvgIpc) is 2.67. The Hall–Kier alpha value is -0.640. The Bertz CT molecular complexity index is 357. The second-order valence-electron chi connectivity index (χ2n) is 4.77. The van der Waals surface area contributed by atoms with Gasteiger partial charge in [-0.2, -0.15) is 0 Å². The van der Waals surface area contributed by atoms with Gasteiger partial charge in [-0.15, -0.1) is 0 Å². The van der Waals surface area contributed by atoms with E-state index in [0.717, 1.165) is 25.2 Å². The van der Waals surface area contributed by atoms with Gasteiger partial charge in [-0.1, -0.05) is 11.6 Å². The van der Waals surface area contributed by atoms with E-state index in [-0.39, 0.29) is 5.82 Å². The SMILES string of the molecule is CN(Cc1cc(F)cc(Cl)c1)CC1CCCN1. The smallest absolute Gasteiger partial charge is 0.125 e. The van der Waals surface area contributed by atoms with Crippen LogP contribution < -0.4 is 5.32 Å². The van der Waals surface area contributed by atoms with Crippen LogP contribution in [0.5, 0.6) is 0 Å². The molecule has 2 nitrogen and oxygen atoms in total. The van der Waals surface area contributed by atoms with Crippen LogP contribution in [0.3, 0.4) is 0 Å². The Morgan fingerprint density at radius 2 is 2.29 bits per heavy atom. The van der Waals surface area contributed by atoms with Gasteiger partial charge in [-0.25, -0.2) is 4.39 Å². The molecule has 0 spiro atoms. The minimum absolute atomic E-state index is 0.264. The van der Waals surface area contributed by atoms with E-state index in [2.05, 4.69) is 17.3 Å². The number of hydrogen-bond donors (Lipinski definition) is 1. The van der Waals surface area contributed by atoms with Crippen LogP contribution in [-0.2, 0) is 6.54 Å². The van der Waals surface area contributed by atoms with E-state index >= 15 is 0 Å². The molecule has 0 amide bonds.